The Hall–Kier alpha value is -2.60. The van der Waals surface area contributed by atoms with Gasteiger partial charge >= 0.3 is 0 Å². The first-order valence-corrected chi connectivity index (χ1v) is 9.98. The quantitative estimate of drug-likeness (QED) is 0.476. The molecule has 3 rings (SSSR count). The second-order valence-corrected chi connectivity index (χ2v) is 8.56. The summed E-state index contributed by atoms with van der Waals surface area (Å²) in [6.07, 6.45) is 0. The number of nitro groups is 1. The van der Waals surface area contributed by atoms with Crippen LogP contribution in [0.1, 0.15) is 10.4 Å². The molecule has 9 nitrogen and oxygen atoms in total. The molecule has 12 heteroatoms. The van der Waals surface area contributed by atoms with Crippen molar-refractivity contribution in [3.8, 4) is 0 Å². The van der Waals surface area contributed by atoms with E-state index in [0.29, 0.717) is 10.2 Å². The molecule has 0 radical (unpaired) electrons. The zero-order valence-electron chi connectivity index (χ0n) is 13.6. The van der Waals surface area contributed by atoms with Gasteiger partial charge in [-0.25, -0.2) is 18.1 Å². The van der Waals surface area contributed by atoms with Crippen LogP contribution in [0.3, 0.4) is 0 Å². The number of sulfonamides is 1. The second-order valence-electron chi connectivity index (χ2n) is 5.23. The van der Waals surface area contributed by atoms with Crippen LogP contribution in [0.5, 0.6) is 0 Å². The topological polar surface area (TPSA) is 131 Å². The Morgan fingerprint density at radius 2 is 2.00 bits per heavy atom. The van der Waals surface area contributed by atoms with Crippen molar-refractivity contribution in [2.45, 2.75) is 4.90 Å². The van der Waals surface area contributed by atoms with Gasteiger partial charge in [-0.05, 0) is 37.4 Å². The number of thiazole rings is 1. The lowest BCUT2D eigenvalue weighted by Gasteiger charge is -2.02. The molecule has 140 valence electrons. The van der Waals surface area contributed by atoms with Gasteiger partial charge in [-0.1, -0.05) is 22.9 Å². The fourth-order valence-electron chi connectivity index (χ4n) is 2.21. The summed E-state index contributed by atoms with van der Waals surface area (Å²) < 4.78 is 26.5. The molecule has 27 heavy (non-hydrogen) atoms. The smallest absolute Gasteiger partial charge is 0.288 e. The van der Waals surface area contributed by atoms with Crippen LogP contribution in [-0.4, -0.2) is 31.3 Å². The standard InChI is InChI=1S/C15H11ClN4O5S2/c1-17-27(24,25)9-3-5-11-13(7-9)26-15(18-11)19-14(21)8-2-4-10(16)12(6-8)20(22)23/h2-7,17H,1H3,(H,18,19,21). The molecule has 2 N–H and O–H groups in total. The molecule has 0 bridgehead atoms. The largest absolute Gasteiger partial charge is 0.298 e. The van der Waals surface area contributed by atoms with Gasteiger partial charge in [-0.2, -0.15) is 0 Å². The number of aromatic nitrogens is 1. The number of amides is 1. The van der Waals surface area contributed by atoms with Gasteiger partial charge in [0.2, 0.25) is 10.0 Å². The Bertz CT molecular complexity index is 1180. The Kier molecular flexibility index (Phi) is 5.11. The predicted octanol–water partition coefficient (Wildman–Crippen LogP) is 3.02. The summed E-state index contributed by atoms with van der Waals surface area (Å²) in [5.41, 5.74) is 0.173. The molecule has 3 aromatic rings. The SMILES string of the molecule is CNS(=O)(=O)c1ccc2nc(NC(=O)c3ccc(Cl)c([N+](=O)[O-])c3)sc2c1. The fourth-order valence-corrected chi connectivity index (χ4v) is 4.12. The maximum Gasteiger partial charge on any atom is 0.288 e. The van der Waals surface area contributed by atoms with Crippen LogP contribution in [0.25, 0.3) is 10.2 Å². The zero-order valence-corrected chi connectivity index (χ0v) is 16.0. The summed E-state index contributed by atoms with van der Waals surface area (Å²) in [5.74, 6) is -0.600. The third kappa shape index (κ3) is 3.90. The van der Waals surface area contributed by atoms with Gasteiger partial charge in [-0.15, -0.1) is 0 Å². The van der Waals surface area contributed by atoms with E-state index in [9.17, 15) is 23.3 Å². The van der Waals surface area contributed by atoms with Crippen LogP contribution in [0.4, 0.5) is 10.8 Å². The van der Waals surface area contributed by atoms with Crippen molar-refractivity contribution >= 4 is 59.9 Å². The number of carbonyl (C=O) groups is 1. The lowest BCUT2D eigenvalue weighted by Crippen LogP contribution is -2.18. The van der Waals surface area contributed by atoms with E-state index < -0.39 is 20.9 Å². The van der Waals surface area contributed by atoms with E-state index in [1.54, 1.807) is 0 Å². The van der Waals surface area contributed by atoms with Gasteiger partial charge in [0.1, 0.15) is 5.02 Å². The lowest BCUT2D eigenvalue weighted by atomic mass is 10.2. The molecule has 0 aliphatic rings. The molecule has 0 unspecified atom stereocenters. The average molecular weight is 427 g/mol. The average Bonchev–Trinajstić information content (AvgIpc) is 3.03. The van der Waals surface area contributed by atoms with Gasteiger partial charge < -0.3 is 0 Å². The molecule has 1 amide bonds. The highest BCUT2D eigenvalue weighted by atomic mass is 35.5. The minimum Gasteiger partial charge on any atom is -0.298 e. The lowest BCUT2D eigenvalue weighted by molar-refractivity contribution is -0.384. The number of anilines is 1. The number of hydrogen-bond acceptors (Lipinski definition) is 7. The fraction of sp³-hybridized carbons (Fsp3) is 0.0667. The second kappa shape index (κ2) is 7.19. The Labute approximate surface area is 162 Å². The molecule has 0 saturated carbocycles. The van der Waals surface area contributed by atoms with Crippen molar-refractivity contribution in [1.82, 2.24) is 9.71 Å². The van der Waals surface area contributed by atoms with E-state index in [1.165, 1.54) is 37.4 Å². The van der Waals surface area contributed by atoms with E-state index in [2.05, 4.69) is 15.0 Å². The highest BCUT2D eigenvalue weighted by molar-refractivity contribution is 7.89. The molecule has 0 fully saturated rings. The van der Waals surface area contributed by atoms with Crippen LogP contribution >= 0.6 is 22.9 Å². The zero-order chi connectivity index (χ0) is 19.8. The molecule has 0 atom stereocenters. The monoisotopic (exact) mass is 426 g/mol. The third-order valence-corrected chi connectivity index (χ3v) is 6.23. The van der Waals surface area contributed by atoms with Crippen molar-refractivity contribution in [2.75, 3.05) is 12.4 Å². The van der Waals surface area contributed by atoms with E-state index >= 15 is 0 Å². The van der Waals surface area contributed by atoms with Crippen LogP contribution < -0.4 is 10.0 Å². The molecule has 0 saturated heterocycles. The Morgan fingerprint density at radius 3 is 2.67 bits per heavy atom. The maximum absolute atomic E-state index is 12.3. The molecule has 1 heterocycles. The number of carbonyl (C=O) groups excluding carboxylic acids is 1. The molecule has 0 spiro atoms. The van der Waals surface area contributed by atoms with E-state index in [1.807, 2.05) is 0 Å². The molecule has 0 aliphatic heterocycles. The summed E-state index contributed by atoms with van der Waals surface area (Å²) in [6, 6.07) is 8.07. The number of halogens is 1. The van der Waals surface area contributed by atoms with Gasteiger partial charge in [0.25, 0.3) is 11.6 Å². The predicted molar refractivity (Wildman–Crippen MR) is 102 cm³/mol. The maximum atomic E-state index is 12.3. The molecule has 0 aliphatic carbocycles. The van der Waals surface area contributed by atoms with Gasteiger partial charge in [0, 0.05) is 11.6 Å². The summed E-state index contributed by atoms with van der Waals surface area (Å²) in [7, 11) is -2.29. The highest BCUT2D eigenvalue weighted by Crippen LogP contribution is 2.29. The van der Waals surface area contributed by atoms with Gasteiger partial charge in [0.15, 0.2) is 5.13 Å². The number of rotatable bonds is 5. The third-order valence-electron chi connectivity index (χ3n) is 3.56. The van der Waals surface area contributed by atoms with Crippen LogP contribution in [0, 0.1) is 10.1 Å². The summed E-state index contributed by atoms with van der Waals surface area (Å²) in [4.78, 5) is 26.9. The van der Waals surface area contributed by atoms with Crippen molar-refractivity contribution in [2.24, 2.45) is 0 Å². The number of hydrogen-bond donors (Lipinski definition) is 2. The summed E-state index contributed by atoms with van der Waals surface area (Å²) in [5, 5.41) is 13.6. The van der Waals surface area contributed by atoms with E-state index in [4.69, 9.17) is 11.6 Å². The molecule has 2 aromatic carbocycles. The van der Waals surface area contributed by atoms with Crippen LogP contribution in [-0.2, 0) is 10.0 Å². The number of nitro benzene ring substituents is 1. The molecular formula is C15H11ClN4O5S2. The normalized spacial score (nSPS) is 11.5. The summed E-state index contributed by atoms with van der Waals surface area (Å²) in [6.45, 7) is 0. The van der Waals surface area contributed by atoms with Crippen LogP contribution in [0.2, 0.25) is 5.02 Å². The van der Waals surface area contributed by atoms with E-state index in [-0.39, 0.29) is 26.3 Å². The first kappa shape index (κ1) is 19.2. The van der Waals surface area contributed by atoms with Gasteiger partial charge in [0.05, 0.1) is 20.0 Å². The number of fused-ring (bicyclic) bond motifs is 1. The number of benzene rings is 2. The van der Waals surface area contributed by atoms with Crippen molar-refractivity contribution in [3.63, 3.8) is 0 Å². The first-order chi connectivity index (χ1) is 12.7. The van der Waals surface area contributed by atoms with Crippen molar-refractivity contribution in [3.05, 3.63) is 57.1 Å². The number of nitrogens with one attached hydrogen (secondary N) is 2. The highest BCUT2D eigenvalue weighted by Gasteiger charge is 2.18. The summed E-state index contributed by atoms with van der Waals surface area (Å²) >= 11 is 6.81. The molecular weight excluding hydrogens is 416 g/mol. The van der Waals surface area contributed by atoms with Crippen LogP contribution in [0.15, 0.2) is 41.3 Å². The van der Waals surface area contributed by atoms with Gasteiger partial charge in [-0.3, -0.25) is 20.2 Å². The van der Waals surface area contributed by atoms with Crippen molar-refractivity contribution in [1.29, 1.82) is 0 Å². The Morgan fingerprint density at radius 1 is 1.26 bits per heavy atom. The Balaban J connectivity index is 1.89. The minimum absolute atomic E-state index is 0.0452. The minimum atomic E-state index is -3.60. The first-order valence-electron chi connectivity index (χ1n) is 7.30. The molecule has 1 aromatic heterocycles. The number of nitrogens with zero attached hydrogens (tertiary/aromatic N) is 2. The van der Waals surface area contributed by atoms with Crippen molar-refractivity contribution < 1.29 is 18.1 Å². The van der Waals surface area contributed by atoms with E-state index in [0.717, 1.165) is 17.4 Å².